The number of ether oxygens (including phenoxy) is 1. The maximum atomic E-state index is 12.5. The maximum absolute atomic E-state index is 12.5. The molecule has 1 aliphatic rings. The molecule has 4 aromatic rings. The summed E-state index contributed by atoms with van der Waals surface area (Å²) in [6.07, 6.45) is 7.75. The number of benzene rings is 4. The molecule has 0 aromatic heterocycles. The molecule has 0 atom stereocenters. The average molecular weight is 478 g/mol. The zero-order valence-corrected chi connectivity index (χ0v) is 20.6. The first-order valence-corrected chi connectivity index (χ1v) is 12.7. The van der Waals surface area contributed by atoms with Gasteiger partial charge in [0.05, 0.1) is 0 Å². The summed E-state index contributed by atoms with van der Waals surface area (Å²) in [6, 6.07) is 25.6. The summed E-state index contributed by atoms with van der Waals surface area (Å²) < 4.78 is 6.55. The van der Waals surface area contributed by atoms with E-state index in [4.69, 9.17) is 4.74 Å². The summed E-state index contributed by atoms with van der Waals surface area (Å²) in [5, 5.41) is 12.0. The van der Waals surface area contributed by atoms with Crippen LogP contribution in [0.5, 0.6) is 17.2 Å². The molecule has 1 amide bonds. The number of rotatable bonds is 6. The number of carbonyl (C=O) groups excluding carboxylic acids is 1. The minimum Gasteiger partial charge on any atom is -0.508 e. The highest BCUT2D eigenvalue weighted by molar-refractivity contribution is 5.98. The van der Waals surface area contributed by atoms with Crippen molar-refractivity contribution in [2.75, 3.05) is 13.1 Å². The molecule has 0 aliphatic carbocycles. The number of hydrogen-bond acceptors (Lipinski definition) is 3. The maximum Gasteiger partial charge on any atom is 0.246 e. The molecule has 1 N–H and O–H groups in total. The first kappa shape index (κ1) is 23.7. The Morgan fingerprint density at radius 1 is 0.944 bits per heavy atom. The Morgan fingerprint density at radius 3 is 2.42 bits per heavy atom. The molecule has 1 aliphatic heterocycles. The van der Waals surface area contributed by atoms with Gasteiger partial charge in [-0.05, 0) is 84.2 Å². The van der Waals surface area contributed by atoms with Crippen molar-refractivity contribution >= 4 is 22.8 Å². The predicted molar refractivity (Wildman–Crippen MR) is 146 cm³/mol. The number of phenols is 1. The van der Waals surface area contributed by atoms with Gasteiger partial charge in [0.2, 0.25) is 5.91 Å². The monoisotopic (exact) mass is 477 g/mol. The highest BCUT2D eigenvalue weighted by atomic mass is 16.5. The fourth-order valence-electron chi connectivity index (χ4n) is 4.87. The lowest BCUT2D eigenvalue weighted by atomic mass is 9.92. The van der Waals surface area contributed by atoms with Gasteiger partial charge in [-0.2, -0.15) is 0 Å². The predicted octanol–water partition coefficient (Wildman–Crippen LogP) is 7.59. The van der Waals surface area contributed by atoms with E-state index in [0.29, 0.717) is 5.75 Å². The quantitative estimate of drug-likeness (QED) is 0.291. The number of amides is 1. The zero-order valence-electron chi connectivity index (χ0n) is 20.6. The third-order valence-electron chi connectivity index (χ3n) is 6.79. The van der Waals surface area contributed by atoms with Crippen molar-refractivity contribution in [2.24, 2.45) is 0 Å². The molecule has 36 heavy (non-hydrogen) atoms. The molecular formula is C32H31NO3. The normalized spacial score (nSPS) is 13.9. The van der Waals surface area contributed by atoms with E-state index in [9.17, 15) is 9.90 Å². The van der Waals surface area contributed by atoms with E-state index < -0.39 is 0 Å². The topological polar surface area (TPSA) is 49.8 Å². The third kappa shape index (κ3) is 5.13. The van der Waals surface area contributed by atoms with Gasteiger partial charge in [0, 0.05) is 30.1 Å². The second kappa shape index (κ2) is 10.7. The lowest BCUT2D eigenvalue weighted by Crippen LogP contribution is -2.34. The highest BCUT2D eigenvalue weighted by Crippen LogP contribution is 2.43. The number of aromatic hydroxyl groups is 1. The van der Waals surface area contributed by atoms with Gasteiger partial charge in [0.25, 0.3) is 0 Å². The highest BCUT2D eigenvalue weighted by Gasteiger charge is 2.17. The van der Waals surface area contributed by atoms with E-state index in [0.717, 1.165) is 71.1 Å². The Labute approximate surface area is 212 Å². The van der Waals surface area contributed by atoms with Gasteiger partial charge in [-0.25, -0.2) is 0 Å². The van der Waals surface area contributed by atoms with E-state index in [-0.39, 0.29) is 11.7 Å². The van der Waals surface area contributed by atoms with Crippen molar-refractivity contribution in [1.82, 2.24) is 4.90 Å². The Balaban J connectivity index is 1.47. The van der Waals surface area contributed by atoms with E-state index in [2.05, 4.69) is 25.1 Å². The summed E-state index contributed by atoms with van der Waals surface area (Å²) in [7, 11) is 0. The van der Waals surface area contributed by atoms with Gasteiger partial charge in [0.1, 0.15) is 17.2 Å². The number of nitrogens with zero attached hydrogens (tertiary/aromatic N) is 1. The Hall–Kier alpha value is -4.05. The molecular weight excluding hydrogens is 446 g/mol. The summed E-state index contributed by atoms with van der Waals surface area (Å²) in [4.78, 5) is 14.4. The number of likely N-dealkylation sites (tertiary alicyclic amines) is 1. The van der Waals surface area contributed by atoms with Gasteiger partial charge in [-0.3, -0.25) is 4.79 Å². The molecule has 1 saturated heterocycles. The van der Waals surface area contributed by atoms with Crippen LogP contribution in [0.4, 0.5) is 0 Å². The molecule has 5 rings (SSSR count). The van der Waals surface area contributed by atoms with Crippen molar-refractivity contribution in [3.8, 4) is 28.4 Å². The third-order valence-corrected chi connectivity index (χ3v) is 6.79. The molecule has 0 unspecified atom stereocenters. The summed E-state index contributed by atoms with van der Waals surface area (Å²) in [5.41, 5.74) is 4.26. The second-order valence-electron chi connectivity index (χ2n) is 9.26. The van der Waals surface area contributed by atoms with Crippen molar-refractivity contribution in [3.63, 3.8) is 0 Å². The van der Waals surface area contributed by atoms with Crippen molar-refractivity contribution in [2.45, 2.75) is 32.6 Å². The lowest BCUT2D eigenvalue weighted by molar-refractivity contribution is -0.126. The Bertz CT molecular complexity index is 1380. The first-order valence-electron chi connectivity index (χ1n) is 12.7. The number of phenolic OH excluding ortho intramolecular Hbond substituents is 1. The Morgan fingerprint density at radius 2 is 1.69 bits per heavy atom. The van der Waals surface area contributed by atoms with Gasteiger partial charge in [0.15, 0.2) is 0 Å². The minimum absolute atomic E-state index is 0.0774. The Kier molecular flexibility index (Phi) is 7.03. The second-order valence-corrected chi connectivity index (χ2v) is 9.26. The number of piperidine rings is 1. The van der Waals surface area contributed by atoms with Gasteiger partial charge in [-0.1, -0.05) is 55.5 Å². The molecule has 182 valence electrons. The van der Waals surface area contributed by atoms with Crippen LogP contribution in [0.25, 0.3) is 28.0 Å². The molecule has 1 fully saturated rings. The van der Waals surface area contributed by atoms with Crippen LogP contribution >= 0.6 is 0 Å². The van der Waals surface area contributed by atoms with Gasteiger partial charge < -0.3 is 14.7 Å². The summed E-state index contributed by atoms with van der Waals surface area (Å²) >= 11 is 0. The standard InChI is InChI=1S/C32H31NO3/c1-2-24-21-26-22-27(34)14-17-29(26)32(31(24)25-9-5-3-6-10-25)36-28-15-11-23(12-16-28)13-18-30(35)33-19-7-4-8-20-33/h3,5-6,9-18,21-22,34H,2,4,7-8,19-20H2,1H3. The smallest absolute Gasteiger partial charge is 0.246 e. The number of aryl methyl sites for hydroxylation is 1. The fourth-order valence-corrected chi connectivity index (χ4v) is 4.87. The fraction of sp³-hybridized carbons (Fsp3) is 0.219. The largest absolute Gasteiger partial charge is 0.508 e. The van der Waals surface area contributed by atoms with Gasteiger partial charge >= 0.3 is 0 Å². The van der Waals surface area contributed by atoms with Crippen LogP contribution < -0.4 is 4.74 Å². The zero-order chi connectivity index (χ0) is 24.9. The molecule has 0 saturated carbocycles. The van der Waals surface area contributed by atoms with Crippen LogP contribution in [0.15, 0.2) is 84.9 Å². The molecule has 0 radical (unpaired) electrons. The average Bonchev–Trinajstić information content (AvgIpc) is 2.93. The van der Waals surface area contributed by atoms with Crippen molar-refractivity contribution in [3.05, 3.63) is 96.1 Å². The molecule has 4 nitrogen and oxygen atoms in total. The van der Waals surface area contributed by atoms with Crippen LogP contribution in [-0.2, 0) is 11.2 Å². The van der Waals surface area contributed by atoms with Crippen LogP contribution in [0.2, 0.25) is 0 Å². The summed E-state index contributed by atoms with van der Waals surface area (Å²) in [6.45, 7) is 3.83. The molecule has 4 aromatic carbocycles. The van der Waals surface area contributed by atoms with Crippen LogP contribution in [0, 0.1) is 0 Å². The van der Waals surface area contributed by atoms with Crippen LogP contribution in [0.1, 0.15) is 37.3 Å². The number of hydrogen-bond donors (Lipinski definition) is 1. The molecule has 4 heteroatoms. The molecule has 0 bridgehead atoms. The van der Waals surface area contributed by atoms with Gasteiger partial charge in [-0.15, -0.1) is 0 Å². The summed E-state index contributed by atoms with van der Waals surface area (Å²) in [5.74, 6) is 1.81. The van der Waals surface area contributed by atoms with E-state index in [1.807, 2.05) is 59.5 Å². The number of fused-ring (bicyclic) bond motifs is 1. The van der Waals surface area contributed by atoms with Crippen molar-refractivity contribution in [1.29, 1.82) is 0 Å². The van der Waals surface area contributed by atoms with Crippen molar-refractivity contribution < 1.29 is 14.6 Å². The molecule has 1 heterocycles. The van der Waals surface area contributed by atoms with E-state index >= 15 is 0 Å². The van der Waals surface area contributed by atoms with E-state index in [1.54, 1.807) is 18.2 Å². The lowest BCUT2D eigenvalue weighted by Gasteiger charge is -2.25. The SMILES string of the molecule is CCc1cc2cc(O)ccc2c(Oc2ccc(C=CC(=O)N3CCCCC3)cc2)c1-c1ccccc1. The van der Waals surface area contributed by atoms with E-state index in [1.165, 1.54) is 6.42 Å². The first-order chi connectivity index (χ1) is 17.6. The van der Waals surface area contributed by atoms with Crippen LogP contribution in [-0.4, -0.2) is 29.0 Å². The molecule has 0 spiro atoms. The number of carbonyl (C=O) groups is 1. The van der Waals surface area contributed by atoms with Crippen LogP contribution in [0.3, 0.4) is 0 Å². The minimum atomic E-state index is 0.0774.